The maximum absolute atomic E-state index is 12.5. The quantitative estimate of drug-likeness (QED) is 0.419. The third-order valence-corrected chi connectivity index (χ3v) is 6.01. The Morgan fingerprint density at radius 1 is 0.686 bits per heavy atom. The van der Waals surface area contributed by atoms with Crippen molar-refractivity contribution in [3.8, 4) is 0 Å². The second-order valence-corrected chi connectivity index (χ2v) is 11.7. The summed E-state index contributed by atoms with van der Waals surface area (Å²) < 4.78 is 11.0. The summed E-state index contributed by atoms with van der Waals surface area (Å²) >= 11 is 1.69. The van der Waals surface area contributed by atoms with Crippen LogP contribution in [0.4, 0.5) is 9.59 Å². The minimum Gasteiger partial charge on any atom is -0.444 e. The molecule has 35 heavy (non-hydrogen) atoms. The van der Waals surface area contributed by atoms with E-state index in [1.807, 2.05) is 77.9 Å². The van der Waals surface area contributed by atoms with Gasteiger partial charge in [-0.25, -0.2) is 9.59 Å². The third-order valence-electron chi connectivity index (χ3n) is 4.73. The minimum atomic E-state index is -0.563. The van der Waals surface area contributed by atoms with Crippen LogP contribution >= 0.6 is 11.8 Å². The van der Waals surface area contributed by atoms with E-state index in [0.29, 0.717) is 24.3 Å². The molecule has 192 valence electrons. The first-order valence-corrected chi connectivity index (χ1v) is 13.2. The van der Waals surface area contributed by atoms with Gasteiger partial charge in [0.25, 0.3) is 0 Å². The summed E-state index contributed by atoms with van der Waals surface area (Å²) in [6, 6.07) is 19.9. The Kier molecular flexibility index (Phi) is 11.0. The van der Waals surface area contributed by atoms with Crippen molar-refractivity contribution in [1.29, 1.82) is 0 Å². The Bertz CT molecular complexity index is 833. The van der Waals surface area contributed by atoms with Gasteiger partial charge in [0.05, 0.1) is 0 Å². The number of amides is 2. The van der Waals surface area contributed by atoms with Crippen molar-refractivity contribution >= 4 is 23.9 Å². The third kappa shape index (κ3) is 13.1. The molecule has 2 atom stereocenters. The topological polar surface area (TPSA) is 76.7 Å². The van der Waals surface area contributed by atoms with E-state index in [1.165, 1.54) is 0 Å². The molecule has 0 aliphatic rings. The number of carbonyl (C=O) groups excluding carboxylic acids is 2. The van der Waals surface area contributed by atoms with Crippen molar-refractivity contribution in [3.63, 3.8) is 0 Å². The van der Waals surface area contributed by atoms with E-state index in [4.69, 9.17) is 9.47 Å². The molecule has 2 aromatic rings. The molecule has 0 fully saturated rings. The molecule has 2 N–H and O–H groups in total. The van der Waals surface area contributed by atoms with E-state index >= 15 is 0 Å². The smallest absolute Gasteiger partial charge is 0.407 e. The summed E-state index contributed by atoms with van der Waals surface area (Å²) in [5.41, 5.74) is 1.16. The number of thioether (sulfide) groups is 1. The summed E-state index contributed by atoms with van der Waals surface area (Å²) in [7, 11) is 0. The number of alkyl carbamates (subject to hydrolysis) is 2. The zero-order chi connectivity index (χ0) is 25.9. The van der Waals surface area contributed by atoms with Crippen LogP contribution in [0.1, 0.15) is 52.7 Å². The van der Waals surface area contributed by atoms with Gasteiger partial charge >= 0.3 is 12.2 Å². The van der Waals surface area contributed by atoms with Gasteiger partial charge in [0.2, 0.25) is 0 Å². The number of ether oxygens (including phenoxy) is 2. The first kappa shape index (κ1) is 28.6. The van der Waals surface area contributed by atoms with Gasteiger partial charge in [0, 0.05) is 23.6 Å². The fourth-order valence-electron chi connectivity index (χ4n) is 3.40. The molecule has 0 radical (unpaired) electrons. The molecule has 6 nitrogen and oxygen atoms in total. The maximum atomic E-state index is 12.5. The Hall–Kier alpha value is -2.67. The molecule has 0 spiro atoms. The molecule has 0 saturated carbocycles. The van der Waals surface area contributed by atoms with Gasteiger partial charge in [0.15, 0.2) is 0 Å². The SMILES string of the molecule is CC(C)(C)OC(=O)NC(CSCC(Cc1ccccc1)NC(=O)OC(C)(C)C)Cc1ccccc1. The van der Waals surface area contributed by atoms with Gasteiger partial charge in [-0.1, -0.05) is 60.7 Å². The normalized spacial score (nSPS) is 13.4. The zero-order valence-electron chi connectivity index (χ0n) is 21.8. The second-order valence-electron chi connectivity index (χ2n) is 10.6. The van der Waals surface area contributed by atoms with Crippen LogP contribution in [0.3, 0.4) is 0 Å². The Morgan fingerprint density at radius 2 is 1.03 bits per heavy atom. The molecular weight excluding hydrogens is 460 g/mol. The molecule has 0 bridgehead atoms. The predicted octanol–water partition coefficient (Wildman–Crippen LogP) is 5.99. The van der Waals surface area contributed by atoms with Crippen LogP contribution in [-0.4, -0.2) is 47.0 Å². The van der Waals surface area contributed by atoms with Crippen LogP contribution in [0.25, 0.3) is 0 Å². The molecule has 0 heterocycles. The highest BCUT2D eigenvalue weighted by molar-refractivity contribution is 7.99. The van der Waals surface area contributed by atoms with Crippen molar-refractivity contribution in [1.82, 2.24) is 10.6 Å². The first-order valence-electron chi connectivity index (χ1n) is 12.0. The van der Waals surface area contributed by atoms with E-state index in [1.54, 1.807) is 11.8 Å². The van der Waals surface area contributed by atoms with Crippen molar-refractivity contribution < 1.29 is 19.1 Å². The van der Waals surface area contributed by atoms with Crippen molar-refractivity contribution in [2.24, 2.45) is 0 Å². The van der Waals surface area contributed by atoms with Crippen LogP contribution in [0.5, 0.6) is 0 Å². The van der Waals surface area contributed by atoms with Gasteiger partial charge in [-0.05, 0) is 65.5 Å². The maximum Gasteiger partial charge on any atom is 0.407 e. The summed E-state index contributed by atoms with van der Waals surface area (Å²) in [5, 5.41) is 6.05. The monoisotopic (exact) mass is 500 g/mol. The van der Waals surface area contributed by atoms with E-state index in [2.05, 4.69) is 34.9 Å². The summed E-state index contributed by atoms with van der Waals surface area (Å²) in [5.74, 6) is 1.35. The van der Waals surface area contributed by atoms with Crippen molar-refractivity contribution in [3.05, 3.63) is 71.8 Å². The summed E-state index contributed by atoms with van der Waals surface area (Å²) in [6.07, 6.45) is 0.532. The highest BCUT2D eigenvalue weighted by atomic mass is 32.2. The molecule has 2 aromatic carbocycles. The van der Waals surface area contributed by atoms with Crippen LogP contribution in [-0.2, 0) is 22.3 Å². The number of benzene rings is 2. The molecule has 0 saturated heterocycles. The highest BCUT2D eigenvalue weighted by Gasteiger charge is 2.22. The molecule has 0 aliphatic carbocycles. The number of hydrogen-bond donors (Lipinski definition) is 2. The van der Waals surface area contributed by atoms with Gasteiger partial charge in [-0.15, -0.1) is 0 Å². The van der Waals surface area contributed by atoms with Gasteiger partial charge < -0.3 is 20.1 Å². The lowest BCUT2D eigenvalue weighted by Crippen LogP contribution is -2.43. The van der Waals surface area contributed by atoms with Crippen LogP contribution < -0.4 is 10.6 Å². The fraction of sp³-hybridized carbons (Fsp3) is 0.500. The highest BCUT2D eigenvalue weighted by Crippen LogP contribution is 2.15. The average Bonchev–Trinajstić information content (AvgIpc) is 2.72. The Labute approximate surface area is 214 Å². The van der Waals surface area contributed by atoms with Gasteiger partial charge in [-0.3, -0.25) is 0 Å². The first-order chi connectivity index (χ1) is 16.4. The molecule has 0 aliphatic heterocycles. The molecule has 7 heteroatoms. The number of nitrogens with one attached hydrogen (secondary N) is 2. The number of carbonyl (C=O) groups is 2. The van der Waals surface area contributed by atoms with Crippen molar-refractivity contribution in [2.45, 2.75) is 77.7 Å². The van der Waals surface area contributed by atoms with Crippen LogP contribution in [0.2, 0.25) is 0 Å². The lowest BCUT2D eigenvalue weighted by atomic mass is 10.1. The standard InChI is InChI=1S/C28H40N2O4S/c1-27(2,3)33-25(31)29-23(17-21-13-9-7-10-14-21)19-35-20-24(18-22-15-11-8-12-16-22)30-26(32)34-28(4,5)6/h7-16,23-24H,17-20H2,1-6H3,(H,29,31)(H,30,32). The van der Waals surface area contributed by atoms with E-state index in [0.717, 1.165) is 11.1 Å². The second kappa shape index (κ2) is 13.4. The lowest BCUT2D eigenvalue weighted by molar-refractivity contribution is 0.0498. The van der Waals surface area contributed by atoms with Crippen LogP contribution in [0, 0.1) is 0 Å². The number of rotatable bonds is 10. The minimum absolute atomic E-state index is 0.115. The van der Waals surface area contributed by atoms with E-state index < -0.39 is 23.4 Å². The van der Waals surface area contributed by atoms with Crippen LogP contribution in [0.15, 0.2) is 60.7 Å². The molecule has 2 rings (SSSR count). The van der Waals surface area contributed by atoms with E-state index in [9.17, 15) is 9.59 Å². The fourth-order valence-corrected chi connectivity index (χ4v) is 4.51. The Morgan fingerprint density at radius 3 is 1.34 bits per heavy atom. The van der Waals surface area contributed by atoms with Crippen molar-refractivity contribution in [2.75, 3.05) is 11.5 Å². The molecule has 0 aromatic heterocycles. The van der Waals surface area contributed by atoms with Gasteiger partial charge in [-0.2, -0.15) is 11.8 Å². The Balaban J connectivity index is 2.03. The molecular formula is C28H40N2O4S. The average molecular weight is 501 g/mol. The lowest BCUT2D eigenvalue weighted by Gasteiger charge is -2.25. The summed E-state index contributed by atoms with van der Waals surface area (Å²) in [6.45, 7) is 11.1. The summed E-state index contributed by atoms with van der Waals surface area (Å²) in [4.78, 5) is 24.9. The number of hydrogen-bond acceptors (Lipinski definition) is 5. The zero-order valence-corrected chi connectivity index (χ0v) is 22.6. The van der Waals surface area contributed by atoms with E-state index in [-0.39, 0.29) is 12.1 Å². The predicted molar refractivity (Wildman–Crippen MR) is 144 cm³/mol. The molecule has 2 amide bonds. The van der Waals surface area contributed by atoms with Gasteiger partial charge in [0.1, 0.15) is 11.2 Å². The largest absolute Gasteiger partial charge is 0.444 e. The molecule has 2 unspecified atom stereocenters.